The fourth-order valence-electron chi connectivity index (χ4n) is 3.76. The molecule has 0 aliphatic heterocycles. The van der Waals surface area contributed by atoms with Crippen molar-refractivity contribution in [1.29, 1.82) is 5.41 Å². The summed E-state index contributed by atoms with van der Waals surface area (Å²) in [6.07, 6.45) is 4.20. The van der Waals surface area contributed by atoms with E-state index in [1.54, 1.807) is 30.1 Å². The lowest BCUT2D eigenvalue weighted by molar-refractivity contribution is -0.111. The van der Waals surface area contributed by atoms with Crippen LogP contribution in [0.1, 0.15) is 5.56 Å². The molecule has 0 radical (unpaired) electrons. The number of carbonyl (C=O) groups is 1. The van der Waals surface area contributed by atoms with Crippen LogP contribution in [0.2, 0.25) is 0 Å². The van der Waals surface area contributed by atoms with E-state index in [9.17, 15) is 4.79 Å². The van der Waals surface area contributed by atoms with Crippen LogP contribution in [0.4, 0.5) is 21.5 Å². The van der Waals surface area contributed by atoms with E-state index in [4.69, 9.17) is 16.0 Å². The average Bonchev–Trinajstić information content (AvgIpc) is 3.28. The minimum Gasteiger partial charge on any atom is -0.494 e. The Labute approximate surface area is 221 Å². The summed E-state index contributed by atoms with van der Waals surface area (Å²) < 4.78 is 23.2. The van der Waals surface area contributed by atoms with Crippen molar-refractivity contribution >= 4 is 39.6 Å². The smallest absolute Gasteiger partial charge is 0.247 e. The molecule has 1 amide bonds. The largest absolute Gasteiger partial charge is 0.494 e. The van der Waals surface area contributed by atoms with Gasteiger partial charge in [-0.05, 0) is 32.3 Å². The van der Waals surface area contributed by atoms with Crippen molar-refractivity contribution in [2.75, 3.05) is 56.9 Å². The maximum absolute atomic E-state index is 16.0. The number of allylic oxidation sites excluding steroid dienone is 1. The number of aromatic nitrogens is 2. The number of hydrogen-bond acceptors (Lipinski definition) is 9. The van der Waals surface area contributed by atoms with E-state index >= 15 is 4.39 Å². The van der Waals surface area contributed by atoms with Crippen molar-refractivity contribution < 1.29 is 13.9 Å². The monoisotopic (exact) mass is 523 g/mol. The molecule has 12 heteroatoms. The first kappa shape index (κ1) is 28.2. The van der Waals surface area contributed by atoms with Crippen molar-refractivity contribution in [1.82, 2.24) is 20.1 Å². The molecule has 0 saturated carbocycles. The number of nitrogens with one attached hydrogen (secondary N) is 4. The van der Waals surface area contributed by atoms with Crippen LogP contribution in [0, 0.1) is 11.2 Å². The van der Waals surface area contributed by atoms with E-state index < -0.39 is 11.7 Å². The van der Waals surface area contributed by atoms with E-state index in [-0.39, 0.29) is 28.7 Å². The Morgan fingerprint density at radius 2 is 1.97 bits per heavy atom. The number of rotatable bonds is 12. The van der Waals surface area contributed by atoms with Gasteiger partial charge in [-0.3, -0.25) is 9.48 Å². The SMILES string of the molecule is C=CC(=O)Nc1c(N(C)CCN(C)C)cc(OC)c(N/C(=C/C(=N)c2ccc3c(cnn3C)c2)NN)c1F. The zero-order valence-corrected chi connectivity index (χ0v) is 22.2. The number of fused-ring (bicyclic) bond motifs is 1. The quantitative estimate of drug-likeness (QED) is 0.106. The molecule has 0 atom stereocenters. The minimum atomic E-state index is -0.768. The van der Waals surface area contributed by atoms with Gasteiger partial charge in [-0.25, -0.2) is 10.2 Å². The molecule has 202 valence electrons. The van der Waals surface area contributed by atoms with Gasteiger partial charge in [0.1, 0.15) is 22.9 Å². The number of aryl methyl sites for hydroxylation is 1. The maximum atomic E-state index is 16.0. The van der Waals surface area contributed by atoms with Gasteiger partial charge in [0.25, 0.3) is 0 Å². The van der Waals surface area contributed by atoms with Crippen molar-refractivity contribution in [2.24, 2.45) is 12.9 Å². The van der Waals surface area contributed by atoms with E-state index in [0.717, 1.165) is 17.0 Å². The highest BCUT2D eigenvalue weighted by Gasteiger charge is 2.23. The number of amides is 1. The molecule has 38 heavy (non-hydrogen) atoms. The lowest BCUT2D eigenvalue weighted by atomic mass is 10.1. The summed E-state index contributed by atoms with van der Waals surface area (Å²) in [6.45, 7) is 4.72. The van der Waals surface area contributed by atoms with Crippen molar-refractivity contribution in [3.63, 3.8) is 0 Å². The van der Waals surface area contributed by atoms with Gasteiger partial charge < -0.3 is 36.0 Å². The highest BCUT2D eigenvalue weighted by molar-refractivity contribution is 6.09. The number of methoxy groups -OCH3 is 1. The number of carbonyl (C=O) groups excluding carboxylic acids is 1. The molecule has 0 fully saturated rings. The van der Waals surface area contributed by atoms with Gasteiger partial charge in [-0.2, -0.15) is 5.10 Å². The Bertz CT molecular complexity index is 1380. The van der Waals surface area contributed by atoms with Crippen molar-refractivity contribution in [3.05, 3.63) is 66.4 Å². The Morgan fingerprint density at radius 3 is 2.61 bits per heavy atom. The number of nitrogens with two attached hydrogens (primary N) is 1. The van der Waals surface area contributed by atoms with Crippen LogP contribution in [-0.2, 0) is 11.8 Å². The van der Waals surface area contributed by atoms with Gasteiger partial charge in [0.15, 0.2) is 5.82 Å². The second kappa shape index (κ2) is 12.2. The molecular weight excluding hydrogens is 489 g/mol. The molecular formula is C26H34FN9O2. The molecule has 6 N–H and O–H groups in total. The minimum absolute atomic E-state index is 0.0482. The lowest BCUT2D eigenvalue weighted by Gasteiger charge is -2.26. The van der Waals surface area contributed by atoms with Gasteiger partial charge in [-0.15, -0.1) is 0 Å². The third kappa shape index (κ3) is 6.28. The molecule has 0 unspecified atom stereocenters. The number of likely N-dealkylation sites (N-methyl/N-ethyl adjacent to an activating group) is 2. The second-order valence-electron chi connectivity index (χ2n) is 8.86. The number of hydrogen-bond donors (Lipinski definition) is 5. The number of ether oxygens (including phenoxy) is 1. The predicted octanol–water partition coefficient (Wildman–Crippen LogP) is 2.63. The first-order chi connectivity index (χ1) is 18.1. The molecule has 0 aliphatic carbocycles. The van der Waals surface area contributed by atoms with Gasteiger partial charge in [0.05, 0.1) is 30.2 Å². The van der Waals surface area contributed by atoms with Gasteiger partial charge >= 0.3 is 0 Å². The van der Waals surface area contributed by atoms with Gasteiger partial charge in [0, 0.05) is 50.3 Å². The van der Waals surface area contributed by atoms with Crippen LogP contribution in [-0.4, -0.2) is 67.6 Å². The Morgan fingerprint density at radius 1 is 1.24 bits per heavy atom. The normalized spacial score (nSPS) is 11.4. The topological polar surface area (TPSA) is 137 Å². The third-order valence-corrected chi connectivity index (χ3v) is 5.92. The number of halogens is 1. The Kier molecular flexibility index (Phi) is 9.05. The molecule has 11 nitrogen and oxygen atoms in total. The average molecular weight is 524 g/mol. The molecule has 0 aliphatic rings. The third-order valence-electron chi connectivity index (χ3n) is 5.92. The summed E-state index contributed by atoms with van der Waals surface area (Å²) >= 11 is 0. The van der Waals surface area contributed by atoms with E-state index in [1.165, 1.54) is 13.2 Å². The molecule has 1 aromatic heterocycles. The summed E-state index contributed by atoms with van der Waals surface area (Å²) in [6, 6.07) is 7.11. The van der Waals surface area contributed by atoms with Crippen LogP contribution in [0.3, 0.4) is 0 Å². The molecule has 3 rings (SSSR count). The summed E-state index contributed by atoms with van der Waals surface area (Å²) in [4.78, 5) is 16.0. The standard InChI is InChI=1S/C26H34FN9O2/c1-7-23(37)32-25-20(35(4)11-10-34(2)3)14-21(38-6)26(24(25)27)31-22(33-29)13-18(28)16-8-9-19-17(12-16)15-30-36(19)5/h7-9,12-15,28,31,33H,1,10-11,29H2,2-6H3,(H,32,37)/b22-13-,28-18?. The van der Waals surface area contributed by atoms with Crippen molar-refractivity contribution in [3.8, 4) is 5.75 Å². The van der Waals surface area contributed by atoms with E-state index in [0.29, 0.717) is 24.3 Å². The fourth-order valence-corrected chi connectivity index (χ4v) is 3.76. The highest BCUT2D eigenvalue weighted by atomic mass is 19.1. The summed E-state index contributed by atoms with van der Waals surface area (Å²) in [5.41, 5.74) is 4.43. The number of anilines is 3. The molecule has 2 aromatic carbocycles. The van der Waals surface area contributed by atoms with Gasteiger partial charge in [0.2, 0.25) is 5.91 Å². The van der Waals surface area contributed by atoms with Crippen LogP contribution in [0.25, 0.3) is 10.9 Å². The van der Waals surface area contributed by atoms with Crippen LogP contribution >= 0.6 is 0 Å². The predicted molar refractivity (Wildman–Crippen MR) is 150 cm³/mol. The first-order valence-corrected chi connectivity index (χ1v) is 11.7. The number of nitrogens with zero attached hydrogens (tertiary/aromatic N) is 4. The molecule has 0 spiro atoms. The first-order valence-electron chi connectivity index (χ1n) is 11.7. The zero-order valence-electron chi connectivity index (χ0n) is 22.2. The lowest BCUT2D eigenvalue weighted by Crippen LogP contribution is -2.30. The second-order valence-corrected chi connectivity index (χ2v) is 8.86. The van der Waals surface area contributed by atoms with Crippen LogP contribution in [0.15, 0.2) is 55.0 Å². The molecule has 1 heterocycles. The Hall–Kier alpha value is -4.42. The highest BCUT2D eigenvalue weighted by Crippen LogP contribution is 2.41. The van der Waals surface area contributed by atoms with E-state index in [2.05, 4.69) is 27.7 Å². The Balaban J connectivity index is 2.00. The number of hydrazine groups is 1. The van der Waals surface area contributed by atoms with Crippen molar-refractivity contribution in [2.45, 2.75) is 0 Å². The summed E-state index contributed by atoms with van der Waals surface area (Å²) in [5, 5.41) is 19.1. The molecule has 0 saturated heterocycles. The molecule has 3 aromatic rings. The van der Waals surface area contributed by atoms with Crippen LogP contribution in [0.5, 0.6) is 5.75 Å². The molecule has 0 bridgehead atoms. The summed E-state index contributed by atoms with van der Waals surface area (Å²) in [7, 11) is 8.91. The van der Waals surface area contributed by atoms with Crippen LogP contribution < -0.4 is 31.5 Å². The zero-order chi connectivity index (χ0) is 28.0. The maximum Gasteiger partial charge on any atom is 0.247 e. The fraction of sp³-hybridized carbons (Fsp3) is 0.269. The summed E-state index contributed by atoms with van der Waals surface area (Å²) in [5.74, 6) is 4.69. The van der Waals surface area contributed by atoms with E-state index in [1.807, 2.05) is 43.1 Å². The number of benzene rings is 2. The van der Waals surface area contributed by atoms with Gasteiger partial charge in [-0.1, -0.05) is 12.6 Å².